The second-order valence-electron chi connectivity index (χ2n) is 3.91. The molecule has 4 N–H and O–H groups in total. The second kappa shape index (κ2) is 3.05. The molecule has 0 saturated carbocycles. The third-order valence-electron chi connectivity index (χ3n) is 2.96. The lowest BCUT2D eigenvalue weighted by atomic mass is 9.94. The minimum absolute atomic E-state index is 0.306. The summed E-state index contributed by atoms with van der Waals surface area (Å²) in [6.07, 6.45) is 0. The first kappa shape index (κ1) is 9.80. The molecule has 0 saturated heterocycles. The normalized spacial score (nSPS) is 14.5. The molecule has 0 aliphatic carbocycles. The number of imide groups is 1. The highest BCUT2D eigenvalue weighted by molar-refractivity contribution is 6.27. The SMILES string of the molecule is Nc1ccc2cccc3c2c1C(=O)N(N)C3=O. The van der Waals surface area contributed by atoms with E-state index in [1.165, 1.54) is 0 Å². The lowest BCUT2D eigenvalue weighted by Crippen LogP contribution is -2.45. The molecule has 0 radical (unpaired) electrons. The molecule has 2 aromatic carbocycles. The number of amides is 2. The molecule has 0 spiro atoms. The highest BCUT2D eigenvalue weighted by Gasteiger charge is 2.32. The molecule has 0 aromatic heterocycles. The Bertz CT molecular complexity index is 679. The van der Waals surface area contributed by atoms with E-state index in [4.69, 9.17) is 11.6 Å². The Labute approximate surface area is 96.6 Å². The van der Waals surface area contributed by atoms with Crippen LogP contribution in [0.25, 0.3) is 10.8 Å². The first-order valence-corrected chi connectivity index (χ1v) is 5.06. The van der Waals surface area contributed by atoms with Crippen LogP contribution in [0.1, 0.15) is 20.7 Å². The zero-order valence-corrected chi connectivity index (χ0v) is 8.81. The van der Waals surface area contributed by atoms with Gasteiger partial charge in [-0.1, -0.05) is 18.2 Å². The van der Waals surface area contributed by atoms with Gasteiger partial charge >= 0.3 is 0 Å². The van der Waals surface area contributed by atoms with E-state index in [1.807, 2.05) is 6.07 Å². The maximum Gasteiger partial charge on any atom is 0.277 e. The maximum atomic E-state index is 11.9. The van der Waals surface area contributed by atoms with E-state index in [2.05, 4.69) is 0 Å². The van der Waals surface area contributed by atoms with E-state index in [0.717, 1.165) is 5.39 Å². The Balaban J connectivity index is 2.56. The smallest absolute Gasteiger partial charge is 0.277 e. The zero-order valence-electron chi connectivity index (χ0n) is 8.81. The van der Waals surface area contributed by atoms with Crippen LogP contribution in [0.5, 0.6) is 0 Å². The molecule has 0 unspecified atom stereocenters. The summed E-state index contributed by atoms with van der Waals surface area (Å²) in [7, 11) is 0. The lowest BCUT2D eigenvalue weighted by Gasteiger charge is -2.23. The molecule has 1 heterocycles. The van der Waals surface area contributed by atoms with E-state index >= 15 is 0 Å². The van der Waals surface area contributed by atoms with Gasteiger partial charge in [-0.3, -0.25) is 9.59 Å². The van der Waals surface area contributed by atoms with Gasteiger partial charge in [-0.2, -0.15) is 0 Å². The number of hydrogen-bond acceptors (Lipinski definition) is 4. The number of nitrogen functional groups attached to an aromatic ring is 1. The Kier molecular flexibility index (Phi) is 1.76. The van der Waals surface area contributed by atoms with Gasteiger partial charge in [0.2, 0.25) is 0 Å². The number of anilines is 1. The van der Waals surface area contributed by atoms with Crippen LogP contribution in [0, 0.1) is 0 Å². The largest absolute Gasteiger partial charge is 0.398 e. The lowest BCUT2D eigenvalue weighted by molar-refractivity contribution is 0.0611. The fourth-order valence-corrected chi connectivity index (χ4v) is 2.15. The summed E-state index contributed by atoms with van der Waals surface area (Å²) in [4.78, 5) is 23.8. The van der Waals surface area contributed by atoms with Crippen LogP contribution in [0.15, 0.2) is 30.3 Å². The number of hydrogen-bond donors (Lipinski definition) is 2. The number of carbonyl (C=O) groups excluding carboxylic acids is 2. The highest BCUT2D eigenvalue weighted by Crippen LogP contribution is 2.32. The predicted octanol–water partition coefficient (Wildman–Crippen LogP) is 0.892. The average molecular weight is 227 g/mol. The molecule has 2 aromatic rings. The number of rotatable bonds is 0. The molecule has 0 bridgehead atoms. The van der Waals surface area contributed by atoms with Gasteiger partial charge in [-0.05, 0) is 17.5 Å². The maximum absolute atomic E-state index is 11.9. The molecule has 0 fully saturated rings. The van der Waals surface area contributed by atoms with Gasteiger partial charge in [0.15, 0.2) is 0 Å². The Morgan fingerprint density at radius 3 is 2.53 bits per heavy atom. The summed E-state index contributed by atoms with van der Waals surface area (Å²) >= 11 is 0. The summed E-state index contributed by atoms with van der Waals surface area (Å²) in [6.45, 7) is 0. The van der Waals surface area contributed by atoms with E-state index < -0.39 is 11.8 Å². The average Bonchev–Trinajstić information content (AvgIpc) is 2.34. The van der Waals surface area contributed by atoms with Gasteiger partial charge in [0.1, 0.15) is 0 Å². The van der Waals surface area contributed by atoms with Crippen molar-refractivity contribution in [3.63, 3.8) is 0 Å². The van der Waals surface area contributed by atoms with Gasteiger partial charge in [0, 0.05) is 11.1 Å². The third kappa shape index (κ3) is 1.11. The fourth-order valence-electron chi connectivity index (χ4n) is 2.15. The summed E-state index contributed by atoms with van der Waals surface area (Å²) in [6, 6.07) is 8.64. The van der Waals surface area contributed by atoms with E-state index in [0.29, 0.717) is 27.2 Å². The monoisotopic (exact) mass is 227 g/mol. The number of benzene rings is 2. The van der Waals surface area contributed by atoms with Crippen LogP contribution in [0.4, 0.5) is 5.69 Å². The van der Waals surface area contributed by atoms with Crippen molar-refractivity contribution in [2.24, 2.45) is 5.84 Å². The van der Waals surface area contributed by atoms with Gasteiger partial charge in [0.25, 0.3) is 11.8 Å². The van der Waals surface area contributed by atoms with Crippen molar-refractivity contribution in [3.8, 4) is 0 Å². The van der Waals surface area contributed by atoms with Crippen LogP contribution in [-0.2, 0) is 0 Å². The third-order valence-corrected chi connectivity index (χ3v) is 2.96. The molecular weight excluding hydrogens is 218 g/mol. The summed E-state index contributed by atoms with van der Waals surface area (Å²) in [5, 5.41) is 2.00. The molecular formula is C12H9N3O2. The van der Waals surface area contributed by atoms with E-state index in [9.17, 15) is 9.59 Å². The van der Waals surface area contributed by atoms with Crippen molar-refractivity contribution in [3.05, 3.63) is 41.5 Å². The van der Waals surface area contributed by atoms with Crippen molar-refractivity contribution in [1.82, 2.24) is 5.01 Å². The molecule has 1 aliphatic rings. The highest BCUT2D eigenvalue weighted by atomic mass is 16.2. The number of nitrogens with zero attached hydrogens (tertiary/aromatic N) is 1. The minimum Gasteiger partial charge on any atom is -0.398 e. The predicted molar refractivity (Wildman–Crippen MR) is 63.0 cm³/mol. The van der Waals surface area contributed by atoms with Crippen molar-refractivity contribution in [1.29, 1.82) is 0 Å². The molecule has 17 heavy (non-hydrogen) atoms. The number of carbonyl (C=O) groups is 2. The molecule has 5 nitrogen and oxygen atoms in total. The Morgan fingerprint density at radius 1 is 1.00 bits per heavy atom. The van der Waals surface area contributed by atoms with Crippen molar-refractivity contribution in [2.75, 3.05) is 5.73 Å². The van der Waals surface area contributed by atoms with E-state index in [-0.39, 0.29) is 0 Å². The van der Waals surface area contributed by atoms with Crippen LogP contribution in [0.2, 0.25) is 0 Å². The molecule has 1 aliphatic heterocycles. The molecule has 3 rings (SSSR count). The standard InChI is InChI=1S/C12H9N3O2/c13-8-5-4-6-2-1-3-7-9(6)10(8)12(17)15(14)11(7)16/h1-5H,13-14H2. The molecule has 0 atom stereocenters. The van der Waals surface area contributed by atoms with Crippen LogP contribution in [0.3, 0.4) is 0 Å². The summed E-state index contributed by atoms with van der Waals surface area (Å²) in [5.74, 6) is 4.40. The van der Waals surface area contributed by atoms with Gasteiger partial charge in [-0.25, -0.2) is 10.9 Å². The van der Waals surface area contributed by atoms with Crippen molar-refractivity contribution < 1.29 is 9.59 Å². The molecule has 84 valence electrons. The Hall–Kier alpha value is -2.40. The topological polar surface area (TPSA) is 89.4 Å². The zero-order chi connectivity index (χ0) is 12.2. The van der Waals surface area contributed by atoms with Crippen LogP contribution >= 0.6 is 0 Å². The number of nitrogens with two attached hydrogens (primary N) is 2. The van der Waals surface area contributed by atoms with Crippen molar-refractivity contribution in [2.45, 2.75) is 0 Å². The Morgan fingerprint density at radius 2 is 1.76 bits per heavy atom. The summed E-state index contributed by atoms with van der Waals surface area (Å²) in [5.41, 5.74) is 6.83. The molecule has 2 amide bonds. The van der Waals surface area contributed by atoms with Gasteiger partial charge in [0.05, 0.1) is 11.1 Å². The molecule has 5 heteroatoms. The number of hydrazine groups is 1. The fraction of sp³-hybridized carbons (Fsp3) is 0. The second-order valence-corrected chi connectivity index (χ2v) is 3.91. The van der Waals surface area contributed by atoms with Gasteiger partial charge < -0.3 is 5.73 Å². The minimum atomic E-state index is -0.559. The first-order chi connectivity index (χ1) is 8.11. The van der Waals surface area contributed by atoms with Crippen LogP contribution in [-0.4, -0.2) is 16.8 Å². The first-order valence-electron chi connectivity index (χ1n) is 5.06. The van der Waals surface area contributed by atoms with Crippen molar-refractivity contribution >= 4 is 28.3 Å². The van der Waals surface area contributed by atoms with E-state index in [1.54, 1.807) is 24.3 Å². The van der Waals surface area contributed by atoms with Gasteiger partial charge in [-0.15, -0.1) is 0 Å². The quantitative estimate of drug-likeness (QED) is 0.303. The summed E-state index contributed by atoms with van der Waals surface area (Å²) < 4.78 is 0. The van der Waals surface area contributed by atoms with Crippen LogP contribution < -0.4 is 11.6 Å².